The first-order chi connectivity index (χ1) is 18.8. The number of amides is 1. The van der Waals surface area contributed by atoms with Crippen LogP contribution >= 0.6 is 11.6 Å². The first-order valence-electron chi connectivity index (χ1n) is 11.1. The van der Waals surface area contributed by atoms with Crippen molar-refractivity contribution in [1.82, 2.24) is 19.5 Å². The minimum absolute atomic E-state index is 0.0572. The Morgan fingerprint density at radius 3 is 2.45 bits per heavy atom. The maximum absolute atomic E-state index is 14.0. The van der Waals surface area contributed by atoms with Gasteiger partial charge in [0.1, 0.15) is 31.0 Å². The minimum atomic E-state index is -4.68. The average molecular weight is 599 g/mol. The molecule has 0 aliphatic rings. The van der Waals surface area contributed by atoms with Crippen LogP contribution in [0.2, 0.25) is 5.02 Å². The molecular formula is C24H19ClF4N6O4S. The molecule has 0 radical (unpaired) electrons. The number of sulfonamides is 1. The summed E-state index contributed by atoms with van der Waals surface area (Å²) in [5.74, 6) is -1.81. The van der Waals surface area contributed by atoms with Gasteiger partial charge < -0.3 is 14.6 Å². The predicted molar refractivity (Wildman–Crippen MR) is 138 cm³/mol. The number of nitrogens with zero attached hydrogens (tertiary/aromatic N) is 4. The molecule has 2 N–H and O–H groups in total. The summed E-state index contributed by atoms with van der Waals surface area (Å²) in [6.45, 7) is -1.62. The van der Waals surface area contributed by atoms with E-state index in [0.29, 0.717) is 5.56 Å². The minimum Gasteiger partial charge on any atom is -0.486 e. The summed E-state index contributed by atoms with van der Waals surface area (Å²) >= 11 is 6.02. The molecule has 4 aromatic rings. The van der Waals surface area contributed by atoms with Crippen LogP contribution in [0.25, 0.3) is 11.4 Å². The van der Waals surface area contributed by atoms with Crippen LogP contribution in [0.3, 0.4) is 0 Å². The number of ether oxygens (including phenoxy) is 1. The zero-order chi connectivity index (χ0) is 29.1. The second-order valence-corrected chi connectivity index (χ2v) is 10.6. The average Bonchev–Trinajstić information content (AvgIpc) is 3.24. The number of carbonyl (C=O) groups excluding carboxylic acids is 1. The Kier molecular flexibility index (Phi) is 8.25. The molecule has 0 saturated carbocycles. The lowest BCUT2D eigenvalue weighted by molar-refractivity contribution is -0.140. The highest BCUT2D eigenvalue weighted by atomic mass is 35.5. The van der Waals surface area contributed by atoms with Crippen molar-refractivity contribution in [2.45, 2.75) is 19.3 Å². The van der Waals surface area contributed by atoms with Crippen LogP contribution in [0, 0.1) is 5.82 Å². The van der Waals surface area contributed by atoms with E-state index in [0.717, 1.165) is 35.3 Å². The van der Waals surface area contributed by atoms with E-state index in [2.05, 4.69) is 25.0 Å². The SMILES string of the molecule is CS(=O)(=O)Nc1cc(Cl)cc(NC(=O)c2cc(-c3ncc(F)cc3OCc3cncnc3)n(CC(F)(F)F)c2)c1. The molecule has 3 heterocycles. The number of nitrogens with one attached hydrogen (secondary N) is 2. The quantitative estimate of drug-likeness (QED) is 0.262. The van der Waals surface area contributed by atoms with Crippen LogP contribution < -0.4 is 14.8 Å². The van der Waals surface area contributed by atoms with E-state index in [1.54, 1.807) is 0 Å². The van der Waals surface area contributed by atoms with Gasteiger partial charge >= 0.3 is 6.18 Å². The molecule has 1 amide bonds. The van der Waals surface area contributed by atoms with Crippen molar-refractivity contribution in [3.8, 4) is 17.1 Å². The number of alkyl halides is 3. The zero-order valence-corrected chi connectivity index (χ0v) is 22.0. The second kappa shape index (κ2) is 11.5. The van der Waals surface area contributed by atoms with E-state index in [1.807, 2.05) is 0 Å². The molecule has 0 bridgehead atoms. The van der Waals surface area contributed by atoms with Crippen LogP contribution in [0.4, 0.5) is 28.9 Å². The highest BCUT2D eigenvalue weighted by Crippen LogP contribution is 2.33. The van der Waals surface area contributed by atoms with Gasteiger partial charge in [0.2, 0.25) is 10.0 Å². The second-order valence-electron chi connectivity index (χ2n) is 8.45. The lowest BCUT2D eigenvalue weighted by Crippen LogP contribution is -2.18. The van der Waals surface area contributed by atoms with Crippen molar-refractivity contribution < 1.29 is 35.5 Å². The van der Waals surface area contributed by atoms with Crippen molar-refractivity contribution in [1.29, 1.82) is 0 Å². The van der Waals surface area contributed by atoms with Crippen LogP contribution in [0.15, 0.2) is 61.4 Å². The molecule has 16 heteroatoms. The summed E-state index contributed by atoms with van der Waals surface area (Å²) in [7, 11) is -3.66. The zero-order valence-electron chi connectivity index (χ0n) is 20.4. The van der Waals surface area contributed by atoms with Crippen molar-refractivity contribution in [2.24, 2.45) is 0 Å². The number of hydrogen-bond donors (Lipinski definition) is 2. The Morgan fingerprint density at radius 1 is 1.07 bits per heavy atom. The number of halogens is 5. The van der Waals surface area contributed by atoms with Gasteiger partial charge in [-0.05, 0) is 24.3 Å². The van der Waals surface area contributed by atoms with Crippen LogP contribution in [0.5, 0.6) is 5.75 Å². The van der Waals surface area contributed by atoms with Gasteiger partial charge in [0.25, 0.3) is 5.91 Å². The van der Waals surface area contributed by atoms with E-state index < -0.39 is 34.5 Å². The Labute approximate surface area is 230 Å². The van der Waals surface area contributed by atoms with E-state index >= 15 is 0 Å². The summed E-state index contributed by atoms with van der Waals surface area (Å²) < 4.78 is 86.0. The molecule has 0 aliphatic carbocycles. The third-order valence-electron chi connectivity index (χ3n) is 5.04. The highest BCUT2D eigenvalue weighted by Gasteiger charge is 2.31. The van der Waals surface area contributed by atoms with Crippen molar-refractivity contribution in [2.75, 3.05) is 16.3 Å². The largest absolute Gasteiger partial charge is 0.486 e. The summed E-state index contributed by atoms with van der Waals surface area (Å²) in [6, 6.07) is 6.00. The van der Waals surface area contributed by atoms with E-state index in [4.69, 9.17) is 16.3 Å². The first kappa shape index (κ1) is 28.8. The van der Waals surface area contributed by atoms with E-state index in [1.165, 1.54) is 36.9 Å². The summed E-state index contributed by atoms with van der Waals surface area (Å²) in [4.78, 5) is 24.6. The van der Waals surface area contributed by atoms with Crippen LogP contribution in [0.1, 0.15) is 15.9 Å². The molecule has 0 saturated heterocycles. The normalized spacial score (nSPS) is 11.8. The van der Waals surface area contributed by atoms with Crippen LogP contribution in [-0.2, 0) is 23.2 Å². The maximum Gasteiger partial charge on any atom is 0.406 e. The molecule has 0 unspecified atom stereocenters. The van der Waals surface area contributed by atoms with Gasteiger partial charge in [0, 0.05) is 40.9 Å². The number of benzene rings is 1. The van der Waals surface area contributed by atoms with Gasteiger partial charge in [-0.25, -0.2) is 27.8 Å². The smallest absolute Gasteiger partial charge is 0.406 e. The number of hydrogen-bond acceptors (Lipinski definition) is 7. The Hall–Kier alpha value is -4.24. The fourth-order valence-electron chi connectivity index (χ4n) is 3.58. The molecule has 0 fully saturated rings. The lowest BCUT2D eigenvalue weighted by Gasteiger charge is -2.14. The van der Waals surface area contributed by atoms with Gasteiger partial charge in [0.15, 0.2) is 5.75 Å². The Balaban J connectivity index is 1.68. The molecule has 0 aliphatic heterocycles. The number of anilines is 2. The molecule has 0 atom stereocenters. The number of pyridine rings is 1. The van der Waals surface area contributed by atoms with E-state index in [-0.39, 0.29) is 45.7 Å². The monoisotopic (exact) mass is 598 g/mol. The third kappa shape index (κ3) is 7.89. The Morgan fingerprint density at radius 2 is 1.77 bits per heavy atom. The molecular weight excluding hydrogens is 580 g/mol. The van der Waals surface area contributed by atoms with Crippen molar-refractivity contribution >= 4 is 38.9 Å². The van der Waals surface area contributed by atoms with Gasteiger partial charge in [-0.1, -0.05) is 11.6 Å². The molecule has 10 nitrogen and oxygen atoms in total. The van der Waals surface area contributed by atoms with Gasteiger partial charge in [-0.2, -0.15) is 13.2 Å². The topological polar surface area (TPSA) is 128 Å². The fraction of sp³-hybridized carbons (Fsp3) is 0.167. The molecule has 40 heavy (non-hydrogen) atoms. The number of rotatable bonds is 9. The Bertz CT molecular complexity index is 1650. The van der Waals surface area contributed by atoms with E-state index in [9.17, 15) is 30.8 Å². The third-order valence-corrected chi connectivity index (χ3v) is 5.86. The standard InChI is InChI=1S/C24H19ClF4N6O4S/c1-40(37,38)34-19-4-16(25)3-18(6-19)33-23(36)15-2-20(35(10-15)12-24(27,28)29)22-21(5-17(26)9-32-22)39-11-14-7-30-13-31-8-14/h2-10,13,34H,11-12H2,1H3,(H,33,36). The molecule has 4 rings (SSSR count). The predicted octanol–water partition coefficient (Wildman–Crippen LogP) is 4.90. The molecule has 3 aromatic heterocycles. The molecule has 0 spiro atoms. The molecule has 210 valence electrons. The lowest BCUT2D eigenvalue weighted by atomic mass is 10.2. The first-order valence-corrected chi connectivity index (χ1v) is 13.4. The van der Waals surface area contributed by atoms with Crippen molar-refractivity contribution in [3.63, 3.8) is 0 Å². The van der Waals surface area contributed by atoms with Gasteiger partial charge in [-0.15, -0.1) is 0 Å². The summed E-state index contributed by atoms with van der Waals surface area (Å²) in [5, 5.41) is 2.56. The van der Waals surface area contributed by atoms with Gasteiger partial charge in [-0.3, -0.25) is 9.52 Å². The summed E-state index contributed by atoms with van der Waals surface area (Å²) in [5.41, 5.74) is 0.112. The highest BCUT2D eigenvalue weighted by molar-refractivity contribution is 7.92. The maximum atomic E-state index is 14.0. The van der Waals surface area contributed by atoms with Crippen molar-refractivity contribution in [3.05, 3.63) is 83.4 Å². The van der Waals surface area contributed by atoms with Crippen LogP contribution in [-0.4, -0.2) is 46.3 Å². The fourth-order valence-corrected chi connectivity index (χ4v) is 4.37. The van der Waals surface area contributed by atoms with Gasteiger partial charge in [0.05, 0.1) is 29.4 Å². The number of carbonyl (C=O) groups is 1. The summed E-state index contributed by atoms with van der Waals surface area (Å²) in [6.07, 6.45) is 2.19. The molecule has 1 aromatic carbocycles. The number of aromatic nitrogens is 4.